The number of carbonyl (C=O) groups is 2. The third-order valence-electron chi connectivity index (χ3n) is 23.0. The molecule has 4 saturated heterocycles. The highest BCUT2D eigenvalue weighted by Crippen LogP contribution is 2.76. The number of aliphatic hydroxyl groups excluding tert-OH is 15. The van der Waals surface area contributed by atoms with Crippen LogP contribution in [0.4, 0.5) is 0 Å². The topological polar surface area (TPSA) is 430 Å². The number of fused-ring (bicyclic) bond motifs is 7. The lowest BCUT2D eigenvalue weighted by Gasteiger charge is -2.73. The highest BCUT2D eigenvalue weighted by Gasteiger charge is 2.76. The van der Waals surface area contributed by atoms with E-state index in [9.17, 15) is 86.2 Å². The summed E-state index contributed by atoms with van der Waals surface area (Å²) >= 11 is 0. The molecule has 0 unspecified atom stereocenters. The van der Waals surface area contributed by atoms with Gasteiger partial charge in [0, 0.05) is 17.8 Å². The fourth-order valence-corrected chi connectivity index (χ4v) is 17.5. The molecule has 8 fully saturated rings. The molecule has 87 heavy (non-hydrogen) atoms. The van der Waals surface area contributed by atoms with Crippen LogP contribution in [0.5, 0.6) is 0 Å². The first-order chi connectivity index (χ1) is 40.7. The van der Waals surface area contributed by atoms with Gasteiger partial charge in [0.05, 0.1) is 62.7 Å². The molecule has 500 valence electrons. The second-order valence-electron chi connectivity index (χ2n) is 28.5. The van der Waals surface area contributed by atoms with Crippen molar-refractivity contribution in [3.05, 3.63) is 11.6 Å². The number of hydrogen-bond acceptors (Lipinski definition) is 27. The Morgan fingerprint density at radius 3 is 1.77 bits per heavy atom. The Labute approximate surface area is 506 Å². The van der Waals surface area contributed by atoms with Gasteiger partial charge in [-0.05, 0) is 78.9 Å². The van der Waals surface area contributed by atoms with E-state index in [1.165, 1.54) is 6.92 Å². The summed E-state index contributed by atoms with van der Waals surface area (Å²) in [6.45, 7) is 15.5. The summed E-state index contributed by atoms with van der Waals surface area (Å²) in [6.07, 6.45) is -34.8. The second kappa shape index (κ2) is 25.6. The summed E-state index contributed by atoms with van der Waals surface area (Å²) in [5.41, 5.74) is -4.86. The van der Waals surface area contributed by atoms with Gasteiger partial charge in [-0.3, -0.25) is 9.59 Å². The molecule has 4 heterocycles. The molecule has 0 aromatic rings. The van der Waals surface area contributed by atoms with Gasteiger partial charge in [0.1, 0.15) is 97.7 Å². The Kier molecular flexibility index (Phi) is 20.3. The Balaban J connectivity index is 1.05. The molecule has 27 nitrogen and oxygen atoms in total. The van der Waals surface area contributed by atoms with Crippen molar-refractivity contribution < 1.29 is 134 Å². The van der Waals surface area contributed by atoms with E-state index >= 15 is 0 Å². The summed E-state index contributed by atoms with van der Waals surface area (Å²) in [5.74, 6) is -2.67. The number of carbonyl (C=O) groups excluding carboxylic acids is 2. The number of aliphatic hydroxyl groups is 15. The van der Waals surface area contributed by atoms with Crippen molar-refractivity contribution in [2.45, 2.75) is 261 Å². The molecule has 4 aliphatic heterocycles. The number of allylic oxidation sites excluding steroid dienone is 1. The quantitative estimate of drug-likeness (QED) is 0.0420. The average Bonchev–Trinajstić information content (AvgIpc) is 0.668. The van der Waals surface area contributed by atoms with Crippen LogP contribution >= 0.6 is 0 Å². The van der Waals surface area contributed by atoms with Crippen LogP contribution in [0.15, 0.2) is 11.6 Å². The van der Waals surface area contributed by atoms with Crippen molar-refractivity contribution in [3.8, 4) is 0 Å². The SMILES string of the molecule is CC[C@@H](C)C(=O)O[C@H]1[C@H](OC(C)=O)[C@]2(CO)[C@H](O)[C@H](O)[C@]3(C)C(=CC[C@@H]4[C@@]5(C)CC[C@H](O[C@@H]6O[C@H](CO[C@@H]7OC[C@H](O)[C@H](O)[C@H]7O)[C@@H](O[C@@H]7O[C@H](CO)[C@@H](O)[C@H](O)[C@H]7O)[C@H](O)[C@H]6O[C@@H]6O[C@H](CO)[C@@H](O)[C@H](O)[C@H]6O)C(C)(C)[C@@H]5CC[C@]43C)[C@@H]2CC1(C)C. The van der Waals surface area contributed by atoms with E-state index < -0.39 is 237 Å². The van der Waals surface area contributed by atoms with E-state index in [2.05, 4.69) is 19.9 Å². The molecular formula is C60H98O27. The number of ether oxygens (including phenoxy) is 10. The van der Waals surface area contributed by atoms with Crippen LogP contribution in [-0.4, -0.2) is 269 Å². The lowest BCUT2D eigenvalue weighted by atomic mass is 9.32. The molecule has 0 amide bonds. The van der Waals surface area contributed by atoms with Gasteiger partial charge in [-0.25, -0.2) is 0 Å². The molecule has 27 heteroatoms. The molecule has 15 N–H and O–H groups in total. The predicted octanol–water partition coefficient (Wildman–Crippen LogP) is -2.87. The summed E-state index contributed by atoms with van der Waals surface area (Å²) in [5, 5.41) is 168. The van der Waals surface area contributed by atoms with Gasteiger partial charge >= 0.3 is 11.9 Å². The summed E-state index contributed by atoms with van der Waals surface area (Å²) in [4.78, 5) is 26.6. The second-order valence-corrected chi connectivity index (χ2v) is 28.5. The average molecular weight is 1250 g/mol. The van der Waals surface area contributed by atoms with E-state index in [0.29, 0.717) is 44.9 Å². The number of esters is 2. The largest absolute Gasteiger partial charge is 0.458 e. The normalized spacial score (nSPS) is 51.6. The van der Waals surface area contributed by atoms with Gasteiger partial charge in [-0.2, -0.15) is 0 Å². The molecule has 0 radical (unpaired) electrons. The number of hydrogen-bond donors (Lipinski definition) is 15. The van der Waals surface area contributed by atoms with E-state index in [4.69, 9.17) is 47.4 Å². The smallest absolute Gasteiger partial charge is 0.309 e. The molecular weight excluding hydrogens is 1150 g/mol. The van der Waals surface area contributed by atoms with E-state index in [-0.39, 0.29) is 11.8 Å². The van der Waals surface area contributed by atoms with Crippen molar-refractivity contribution in [2.24, 2.45) is 56.2 Å². The van der Waals surface area contributed by atoms with Crippen LogP contribution < -0.4 is 0 Å². The van der Waals surface area contributed by atoms with Gasteiger partial charge < -0.3 is 124 Å². The molecule has 9 rings (SSSR count). The molecule has 32 atom stereocenters. The Hall–Kier alpha value is -2.24. The first kappa shape index (κ1) is 69.1. The zero-order chi connectivity index (χ0) is 64.2. The minimum atomic E-state index is -2.02. The van der Waals surface area contributed by atoms with Gasteiger partial charge in [0.2, 0.25) is 0 Å². The van der Waals surface area contributed by atoms with E-state index in [1.54, 1.807) is 6.92 Å². The zero-order valence-corrected chi connectivity index (χ0v) is 51.3. The lowest BCUT2D eigenvalue weighted by molar-refractivity contribution is -0.398. The fraction of sp³-hybridized carbons (Fsp3) is 0.933. The van der Waals surface area contributed by atoms with Gasteiger partial charge in [0.15, 0.2) is 31.3 Å². The van der Waals surface area contributed by atoms with Crippen molar-refractivity contribution in [3.63, 3.8) is 0 Å². The highest BCUT2D eigenvalue weighted by atomic mass is 16.8. The Morgan fingerprint density at radius 1 is 0.632 bits per heavy atom. The Bertz CT molecular complexity index is 2430. The molecule has 0 aromatic heterocycles. The number of rotatable bonds is 16. The molecule has 0 aromatic carbocycles. The maximum atomic E-state index is 13.6. The minimum Gasteiger partial charge on any atom is -0.458 e. The van der Waals surface area contributed by atoms with Crippen LogP contribution in [0.1, 0.15) is 114 Å². The van der Waals surface area contributed by atoms with Crippen LogP contribution in [0.3, 0.4) is 0 Å². The van der Waals surface area contributed by atoms with Crippen LogP contribution in [0.2, 0.25) is 0 Å². The first-order valence-corrected chi connectivity index (χ1v) is 30.9. The van der Waals surface area contributed by atoms with Crippen molar-refractivity contribution in [1.29, 1.82) is 0 Å². The van der Waals surface area contributed by atoms with Crippen LogP contribution in [0.25, 0.3) is 0 Å². The maximum Gasteiger partial charge on any atom is 0.309 e. The standard InChI is InChI=1S/C60H98O27/c1-11-24(2)50(77)87-48-49(80-25(3)64)60(23-63)27(18-55(48,4)5)26-12-13-33-57(8)16-15-34(56(6,7)32(57)14-17-58(33,9)59(26,10)46(75)47(60)76)84-54-45(86-53-42(73)39(70)37(68)30(20-62)82-53)43(74)44(85-52-41(72)38(69)36(67)29(19-61)81-52)31(83-54)22-79-51-40(71)35(66)28(65)21-78-51/h12,24,27-49,51-54,61-63,65-76H,11,13-23H2,1-10H3/t24-,27+,28+,29-,30-,31-,32+,33-,34+,35+,36-,37-,38+,39+,40-,41-,42-,43+,44-,45-,46+,47-,48+,49+,51+,52+,53+,54+,57+,58-,59+,60+/m1/s1. The minimum absolute atomic E-state index is 0.153. The molecule has 0 spiro atoms. The van der Waals surface area contributed by atoms with E-state index in [0.717, 1.165) is 5.57 Å². The monoisotopic (exact) mass is 1250 g/mol. The van der Waals surface area contributed by atoms with Gasteiger partial charge in [0.25, 0.3) is 0 Å². The molecule has 4 saturated carbocycles. The van der Waals surface area contributed by atoms with Crippen LogP contribution in [-0.2, 0) is 57.0 Å². The molecule has 0 bridgehead atoms. The summed E-state index contributed by atoms with van der Waals surface area (Å²) in [7, 11) is 0. The highest BCUT2D eigenvalue weighted by molar-refractivity contribution is 5.72. The zero-order valence-electron chi connectivity index (χ0n) is 51.3. The lowest BCUT2D eigenvalue weighted by Crippen LogP contribution is -2.76. The van der Waals surface area contributed by atoms with Crippen molar-refractivity contribution in [2.75, 3.05) is 33.0 Å². The molecule has 5 aliphatic carbocycles. The van der Waals surface area contributed by atoms with Gasteiger partial charge in [-0.15, -0.1) is 0 Å². The van der Waals surface area contributed by atoms with Crippen LogP contribution in [0, 0.1) is 56.2 Å². The predicted molar refractivity (Wildman–Crippen MR) is 295 cm³/mol. The van der Waals surface area contributed by atoms with Crippen molar-refractivity contribution in [1.82, 2.24) is 0 Å². The summed E-state index contributed by atoms with van der Waals surface area (Å²) in [6, 6.07) is 0. The molecule has 9 aliphatic rings. The third-order valence-corrected chi connectivity index (χ3v) is 23.0. The summed E-state index contributed by atoms with van der Waals surface area (Å²) < 4.78 is 61.4. The third kappa shape index (κ3) is 11.4. The van der Waals surface area contributed by atoms with Gasteiger partial charge in [-0.1, -0.05) is 74.0 Å². The fourth-order valence-electron chi connectivity index (χ4n) is 17.5. The maximum absolute atomic E-state index is 13.6. The van der Waals surface area contributed by atoms with E-state index in [1.807, 2.05) is 41.5 Å². The van der Waals surface area contributed by atoms with Crippen molar-refractivity contribution >= 4 is 11.9 Å². The first-order valence-electron chi connectivity index (χ1n) is 30.9. The Morgan fingerprint density at radius 2 is 1.21 bits per heavy atom.